The SMILES string of the molecule is C=C[C@H](C(=O)O)[C@H](O)COCCCCC. The van der Waals surface area contributed by atoms with Crippen LogP contribution in [0.4, 0.5) is 0 Å². The van der Waals surface area contributed by atoms with E-state index >= 15 is 0 Å². The molecule has 0 aromatic rings. The molecule has 0 aliphatic heterocycles. The first-order chi connectivity index (χ1) is 7.13. The van der Waals surface area contributed by atoms with E-state index in [2.05, 4.69) is 13.5 Å². The number of aliphatic hydroxyl groups is 1. The number of ether oxygens (including phenoxy) is 1. The maximum atomic E-state index is 10.6. The summed E-state index contributed by atoms with van der Waals surface area (Å²) in [7, 11) is 0. The minimum absolute atomic E-state index is 0.0483. The van der Waals surface area contributed by atoms with Crippen molar-refractivity contribution in [1.29, 1.82) is 0 Å². The van der Waals surface area contributed by atoms with Crippen molar-refractivity contribution in [2.24, 2.45) is 5.92 Å². The Balaban J connectivity index is 3.67. The summed E-state index contributed by atoms with van der Waals surface area (Å²) < 4.78 is 5.17. The quantitative estimate of drug-likeness (QED) is 0.452. The van der Waals surface area contributed by atoms with E-state index in [1.165, 1.54) is 6.08 Å². The van der Waals surface area contributed by atoms with Gasteiger partial charge in [-0.25, -0.2) is 0 Å². The minimum Gasteiger partial charge on any atom is -0.481 e. The summed E-state index contributed by atoms with van der Waals surface area (Å²) in [6.07, 6.45) is 3.34. The smallest absolute Gasteiger partial charge is 0.313 e. The van der Waals surface area contributed by atoms with Gasteiger partial charge >= 0.3 is 5.97 Å². The first-order valence-corrected chi connectivity index (χ1v) is 5.24. The molecule has 15 heavy (non-hydrogen) atoms. The Bertz CT molecular complexity index is 191. The molecule has 0 spiro atoms. The molecule has 0 bridgehead atoms. The molecule has 4 heteroatoms. The zero-order chi connectivity index (χ0) is 11.7. The number of aliphatic hydroxyl groups excluding tert-OH is 1. The summed E-state index contributed by atoms with van der Waals surface area (Å²) in [5.41, 5.74) is 0. The number of hydrogen-bond donors (Lipinski definition) is 2. The predicted octanol–water partition coefficient (Wildman–Crippen LogP) is 1.44. The number of carbonyl (C=O) groups is 1. The standard InChI is InChI=1S/C11H20O4/c1-3-5-6-7-15-8-10(12)9(4-2)11(13)14/h4,9-10,12H,2-3,5-8H2,1H3,(H,13,14)/t9-,10+/m0/s1. The molecule has 0 aromatic heterocycles. The van der Waals surface area contributed by atoms with Crippen molar-refractivity contribution in [3.05, 3.63) is 12.7 Å². The maximum absolute atomic E-state index is 10.6. The van der Waals surface area contributed by atoms with Crippen LogP contribution >= 0.6 is 0 Å². The van der Waals surface area contributed by atoms with Crippen molar-refractivity contribution >= 4 is 5.97 Å². The van der Waals surface area contributed by atoms with Crippen molar-refractivity contribution in [2.45, 2.75) is 32.3 Å². The fraction of sp³-hybridized carbons (Fsp3) is 0.727. The lowest BCUT2D eigenvalue weighted by Crippen LogP contribution is -2.30. The third-order valence-electron chi connectivity index (χ3n) is 2.13. The molecule has 0 amide bonds. The molecule has 0 aliphatic carbocycles. The Labute approximate surface area is 90.6 Å². The Morgan fingerprint density at radius 1 is 1.53 bits per heavy atom. The number of hydrogen-bond acceptors (Lipinski definition) is 3. The van der Waals surface area contributed by atoms with E-state index in [-0.39, 0.29) is 6.61 Å². The van der Waals surface area contributed by atoms with Gasteiger partial charge in [0.05, 0.1) is 12.7 Å². The van der Waals surface area contributed by atoms with Crippen molar-refractivity contribution in [3.8, 4) is 0 Å². The highest BCUT2D eigenvalue weighted by atomic mass is 16.5. The number of unbranched alkanes of at least 4 members (excludes halogenated alkanes) is 2. The third-order valence-corrected chi connectivity index (χ3v) is 2.13. The summed E-state index contributed by atoms with van der Waals surface area (Å²) in [6.45, 7) is 6.07. The molecule has 4 nitrogen and oxygen atoms in total. The van der Waals surface area contributed by atoms with Crippen LogP contribution in [0.3, 0.4) is 0 Å². The van der Waals surface area contributed by atoms with Crippen LogP contribution in [0.15, 0.2) is 12.7 Å². The van der Waals surface area contributed by atoms with Crippen molar-refractivity contribution in [2.75, 3.05) is 13.2 Å². The van der Waals surface area contributed by atoms with Crippen LogP contribution in [0.1, 0.15) is 26.2 Å². The molecule has 0 rings (SSSR count). The largest absolute Gasteiger partial charge is 0.481 e. The van der Waals surface area contributed by atoms with Gasteiger partial charge in [-0.05, 0) is 6.42 Å². The molecule has 0 saturated heterocycles. The molecule has 0 fully saturated rings. The van der Waals surface area contributed by atoms with Gasteiger partial charge in [0.2, 0.25) is 0 Å². The van der Waals surface area contributed by atoms with Crippen LogP contribution in [0.2, 0.25) is 0 Å². The lowest BCUT2D eigenvalue weighted by molar-refractivity contribution is -0.144. The number of aliphatic carboxylic acids is 1. The average molecular weight is 216 g/mol. The van der Waals surface area contributed by atoms with Crippen LogP contribution in [-0.2, 0) is 9.53 Å². The lowest BCUT2D eigenvalue weighted by atomic mass is 10.0. The van der Waals surface area contributed by atoms with Gasteiger partial charge in [0.25, 0.3) is 0 Å². The molecule has 88 valence electrons. The normalized spacial score (nSPS) is 14.5. The molecule has 2 N–H and O–H groups in total. The molecule has 0 saturated carbocycles. The molecule has 0 aromatic carbocycles. The number of rotatable bonds is 9. The van der Waals surface area contributed by atoms with Gasteiger partial charge in [-0.15, -0.1) is 6.58 Å². The molecular formula is C11H20O4. The first kappa shape index (κ1) is 14.1. The second kappa shape index (κ2) is 8.44. The summed E-state index contributed by atoms with van der Waals surface area (Å²) in [4.78, 5) is 10.6. The van der Waals surface area contributed by atoms with Crippen molar-refractivity contribution < 1.29 is 19.7 Å². The van der Waals surface area contributed by atoms with Gasteiger partial charge in [0, 0.05) is 6.61 Å². The van der Waals surface area contributed by atoms with Gasteiger partial charge in [0.15, 0.2) is 0 Å². The van der Waals surface area contributed by atoms with E-state index in [0.717, 1.165) is 19.3 Å². The van der Waals surface area contributed by atoms with Crippen LogP contribution < -0.4 is 0 Å². The van der Waals surface area contributed by atoms with E-state index in [9.17, 15) is 9.90 Å². The fourth-order valence-electron chi connectivity index (χ4n) is 1.18. The molecule has 0 aliphatic rings. The summed E-state index contributed by atoms with van der Waals surface area (Å²) in [5.74, 6) is -2.02. The first-order valence-electron chi connectivity index (χ1n) is 5.24. The van der Waals surface area contributed by atoms with Gasteiger partial charge in [0.1, 0.15) is 5.92 Å². The van der Waals surface area contributed by atoms with Crippen LogP contribution in [-0.4, -0.2) is 35.5 Å². The van der Waals surface area contributed by atoms with Crippen molar-refractivity contribution in [3.63, 3.8) is 0 Å². The highest BCUT2D eigenvalue weighted by Crippen LogP contribution is 2.06. The van der Waals surface area contributed by atoms with Gasteiger partial charge in [-0.2, -0.15) is 0 Å². The monoisotopic (exact) mass is 216 g/mol. The van der Waals surface area contributed by atoms with Gasteiger partial charge in [-0.1, -0.05) is 25.8 Å². The topological polar surface area (TPSA) is 66.8 Å². The van der Waals surface area contributed by atoms with E-state index < -0.39 is 18.0 Å². The molecular weight excluding hydrogens is 196 g/mol. The summed E-state index contributed by atoms with van der Waals surface area (Å²) >= 11 is 0. The number of carboxylic acids is 1. The Kier molecular flexibility index (Phi) is 7.95. The van der Waals surface area contributed by atoms with Gasteiger partial charge < -0.3 is 14.9 Å². The van der Waals surface area contributed by atoms with Gasteiger partial charge in [-0.3, -0.25) is 4.79 Å². The second-order valence-electron chi connectivity index (χ2n) is 3.45. The second-order valence-corrected chi connectivity index (χ2v) is 3.45. The Morgan fingerprint density at radius 2 is 2.20 bits per heavy atom. The fourth-order valence-corrected chi connectivity index (χ4v) is 1.18. The van der Waals surface area contributed by atoms with Crippen LogP contribution in [0, 0.1) is 5.92 Å². The highest BCUT2D eigenvalue weighted by molar-refractivity contribution is 5.72. The maximum Gasteiger partial charge on any atom is 0.313 e. The lowest BCUT2D eigenvalue weighted by Gasteiger charge is -2.15. The van der Waals surface area contributed by atoms with E-state index in [1.807, 2.05) is 0 Å². The number of carboxylic acid groups (broad SMARTS) is 1. The molecule has 0 heterocycles. The Morgan fingerprint density at radius 3 is 2.67 bits per heavy atom. The summed E-state index contributed by atoms with van der Waals surface area (Å²) in [5, 5.41) is 18.2. The Hall–Kier alpha value is -0.870. The average Bonchev–Trinajstić information content (AvgIpc) is 2.18. The molecule has 2 atom stereocenters. The molecule has 0 unspecified atom stereocenters. The predicted molar refractivity (Wildman–Crippen MR) is 57.7 cm³/mol. The van der Waals surface area contributed by atoms with E-state index in [0.29, 0.717) is 6.61 Å². The minimum atomic E-state index is -1.07. The molecule has 0 radical (unpaired) electrons. The highest BCUT2D eigenvalue weighted by Gasteiger charge is 2.22. The van der Waals surface area contributed by atoms with Crippen LogP contribution in [0.5, 0.6) is 0 Å². The van der Waals surface area contributed by atoms with Crippen LogP contribution in [0.25, 0.3) is 0 Å². The summed E-state index contributed by atoms with van der Waals surface area (Å²) in [6, 6.07) is 0. The zero-order valence-corrected chi connectivity index (χ0v) is 9.19. The van der Waals surface area contributed by atoms with E-state index in [4.69, 9.17) is 9.84 Å². The zero-order valence-electron chi connectivity index (χ0n) is 9.19. The van der Waals surface area contributed by atoms with Crippen molar-refractivity contribution in [1.82, 2.24) is 0 Å². The third kappa shape index (κ3) is 6.25. The van der Waals surface area contributed by atoms with E-state index in [1.54, 1.807) is 0 Å².